The van der Waals surface area contributed by atoms with Gasteiger partial charge in [0.1, 0.15) is 11.6 Å². The van der Waals surface area contributed by atoms with Crippen LogP contribution in [-0.2, 0) is 4.74 Å². The number of guanidine groups is 1. The molecule has 6 heteroatoms. The normalized spacial score (nSPS) is 17.6. The number of piperidine rings is 1. The number of aliphatic imine (C=N–C) groups is 1. The number of hydrogen-bond acceptors (Lipinski definition) is 2. The van der Waals surface area contributed by atoms with Crippen LogP contribution in [0.15, 0.2) is 23.2 Å². The van der Waals surface area contributed by atoms with Crippen LogP contribution in [0, 0.1) is 11.6 Å². The Kier molecular flexibility index (Phi) is 7.62. The third kappa shape index (κ3) is 5.66. The monoisotopic (exact) mass is 353 g/mol. The van der Waals surface area contributed by atoms with Gasteiger partial charge in [0, 0.05) is 44.8 Å². The van der Waals surface area contributed by atoms with E-state index < -0.39 is 11.6 Å². The van der Waals surface area contributed by atoms with Gasteiger partial charge >= 0.3 is 0 Å². The minimum absolute atomic E-state index is 0.116. The fourth-order valence-corrected chi connectivity index (χ4v) is 3.12. The van der Waals surface area contributed by atoms with Crippen molar-refractivity contribution in [2.24, 2.45) is 4.99 Å². The summed E-state index contributed by atoms with van der Waals surface area (Å²) in [6.45, 7) is 9.75. The third-order valence-electron chi connectivity index (χ3n) is 4.49. The summed E-state index contributed by atoms with van der Waals surface area (Å²) >= 11 is 0. The highest BCUT2D eigenvalue weighted by Gasteiger charge is 2.22. The molecule has 0 aromatic heterocycles. The lowest BCUT2D eigenvalue weighted by molar-refractivity contribution is 0.0263. The molecular formula is C19H29F2N3O. The Bertz CT molecular complexity index is 572. The number of ether oxygens (including phenoxy) is 1. The van der Waals surface area contributed by atoms with Crippen LogP contribution in [0.2, 0.25) is 0 Å². The molecule has 140 valence electrons. The van der Waals surface area contributed by atoms with Gasteiger partial charge in [0.05, 0.1) is 6.10 Å². The van der Waals surface area contributed by atoms with Crippen molar-refractivity contribution in [1.29, 1.82) is 0 Å². The fraction of sp³-hybridized carbons (Fsp3) is 0.632. The number of likely N-dealkylation sites (tertiary alicyclic amines) is 1. The van der Waals surface area contributed by atoms with Crippen LogP contribution in [0.5, 0.6) is 0 Å². The molecule has 0 radical (unpaired) electrons. The summed E-state index contributed by atoms with van der Waals surface area (Å²) in [6, 6.07) is 3.73. The van der Waals surface area contributed by atoms with Crippen LogP contribution in [0.3, 0.4) is 0 Å². The number of benzene rings is 1. The predicted octanol–water partition coefficient (Wildman–Crippen LogP) is 3.53. The van der Waals surface area contributed by atoms with Crippen LogP contribution < -0.4 is 5.32 Å². The summed E-state index contributed by atoms with van der Waals surface area (Å²) < 4.78 is 32.7. The highest BCUT2D eigenvalue weighted by Crippen LogP contribution is 2.20. The topological polar surface area (TPSA) is 36.9 Å². The van der Waals surface area contributed by atoms with Crippen molar-refractivity contribution in [3.8, 4) is 0 Å². The largest absolute Gasteiger partial charge is 0.378 e. The average molecular weight is 353 g/mol. The molecule has 25 heavy (non-hydrogen) atoms. The molecule has 1 aliphatic heterocycles. The van der Waals surface area contributed by atoms with E-state index in [9.17, 15) is 8.78 Å². The van der Waals surface area contributed by atoms with Crippen LogP contribution >= 0.6 is 0 Å². The molecule has 1 N–H and O–H groups in total. The Morgan fingerprint density at radius 1 is 1.32 bits per heavy atom. The fourth-order valence-electron chi connectivity index (χ4n) is 3.12. The third-order valence-corrected chi connectivity index (χ3v) is 4.49. The lowest BCUT2D eigenvalue weighted by Gasteiger charge is -2.34. The molecule has 4 nitrogen and oxygen atoms in total. The van der Waals surface area contributed by atoms with Gasteiger partial charge in [-0.25, -0.2) is 8.78 Å². The second kappa shape index (κ2) is 9.70. The zero-order valence-corrected chi connectivity index (χ0v) is 15.4. The molecule has 1 saturated heterocycles. The molecule has 1 fully saturated rings. The summed E-state index contributed by atoms with van der Waals surface area (Å²) in [5, 5.41) is 3.31. The maximum atomic E-state index is 13.9. The SMILES string of the molecule is CCNC(=NCC(C)c1ccc(F)cc1F)N1CCC(OCC)CC1. The lowest BCUT2D eigenvalue weighted by Crippen LogP contribution is -2.47. The first-order valence-corrected chi connectivity index (χ1v) is 9.14. The summed E-state index contributed by atoms with van der Waals surface area (Å²) in [5.41, 5.74) is 0.496. The predicted molar refractivity (Wildman–Crippen MR) is 97.0 cm³/mol. The first-order chi connectivity index (χ1) is 12.0. The standard InChI is InChI=1S/C19H29F2N3O/c1-4-22-19(24-10-8-16(9-11-24)25-5-2)23-13-14(3)17-7-6-15(20)12-18(17)21/h6-7,12,14,16H,4-5,8-11,13H2,1-3H3,(H,22,23). The highest BCUT2D eigenvalue weighted by molar-refractivity contribution is 5.80. The van der Waals surface area contributed by atoms with Crippen molar-refractivity contribution in [1.82, 2.24) is 10.2 Å². The van der Waals surface area contributed by atoms with E-state index in [0.717, 1.165) is 51.1 Å². The zero-order valence-electron chi connectivity index (χ0n) is 15.4. The van der Waals surface area contributed by atoms with E-state index in [1.807, 2.05) is 20.8 Å². The first kappa shape index (κ1) is 19.6. The van der Waals surface area contributed by atoms with Crippen molar-refractivity contribution in [3.63, 3.8) is 0 Å². The van der Waals surface area contributed by atoms with Gasteiger partial charge in [-0.15, -0.1) is 0 Å². The number of nitrogens with one attached hydrogen (secondary N) is 1. The number of hydrogen-bond donors (Lipinski definition) is 1. The van der Waals surface area contributed by atoms with Gasteiger partial charge in [-0.1, -0.05) is 13.0 Å². The van der Waals surface area contributed by atoms with Crippen LogP contribution in [0.1, 0.15) is 45.1 Å². The Labute approximate surface area is 149 Å². The molecule has 0 bridgehead atoms. The van der Waals surface area contributed by atoms with Crippen molar-refractivity contribution >= 4 is 5.96 Å². The summed E-state index contributed by atoms with van der Waals surface area (Å²) in [6.07, 6.45) is 2.30. The van der Waals surface area contributed by atoms with Crippen molar-refractivity contribution < 1.29 is 13.5 Å². The van der Waals surface area contributed by atoms with Crippen molar-refractivity contribution in [3.05, 3.63) is 35.4 Å². The molecule has 1 atom stereocenters. The summed E-state index contributed by atoms with van der Waals surface area (Å²) in [7, 11) is 0. The smallest absolute Gasteiger partial charge is 0.193 e. The maximum Gasteiger partial charge on any atom is 0.193 e. The molecule has 1 aliphatic rings. The second-order valence-corrected chi connectivity index (χ2v) is 6.40. The molecule has 1 heterocycles. The van der Waals surface area contributed by atoms with Crippen LogP contribution in [-0.4, -0.2) is 49.7 Å². The maximum absolute atomic E-state index is 13.9. The van der Waals surface area contributed by atoms with Gasteiger partial charge in [-0.2, -0.15) is 0 Å². The van der Waals surface area contributed by atoms with E-state index in [2.05, 4.69) is 15.2 Å². The van der Waals surface area contributed by atoms with Crippen LogP contribution in [0.25, 0.3) is 0 Å². The average Bonchev–Trinajstić information content (AvgIpc) is 2.59. The summed E-state index contributed by atoms with van der Waals surface area (Å²) in [4.78, 5) is 6.91. The van der Waals surface area contributed by atoms with E-state index in [0.29, 0.717) is 18.2 Å². The Balaban J connectivity index is 1.99. The van der Waals surface area contributed by atoms with Gasteiger partial charge in [0.25, 0.3) is 0 Å². The van der Waals surface area contributed by atoms with Crippen LogP contribution in [0.4, 0.5) is 8.78 Å². The van der Waals surface area contributed by atoms with Gasteiger partial charge in [0.2, 0.25) is 0 Å². The molecule has 0 saturated carbocycles. The van der Waals surface area contributed by atoms with Gasteiger partial charge < -0.3 is 15.0 Å². The molecule has 1 unspecified atom stereocenters. The van der Waals surface area contributed by atoms with Gasteiger partial charge in [-0.3, -0.25) is 4.99 Å². The van der Waals surface area contributed by atoms with Crippen molar-refractivity contribution in [2.75, 3.05) is 32.8 Å². The van der Waals surface area contributed by atoms with E-state index >= 15 is 0 Å². The minimum atomic E-state index is -0.553. The lowest BCUT2D eigenvalue weighted by atomic mass is 10.0. The number of rotatable bonds is 6. The van der Waals surface area contributed by atoms with E-state index in [1.54, 1.807) is 0 Å². The van der Waals surface area contributed by atoms with E-state index in [4.69, 9.17) is 4.74 Å². The zero-order chi connectivity index (χ0) is 18.2. The second-order valence-electron chi connectivity index (χ2n) is 6.40. The Morgan fingerprint density at radius 2 is 2.04 bits per heavy atom. The molecule has 1 aromatic carbocycles. The molecule has 0 aliphatic carbocycles. The number of halogens is 2. The molecule has 0 spiro atoms. The minimum Gasteiger partial charge on any atom is -0.378 e. The first-order valence-electron chi connectivity index (χ1n) is 9.14. The molecule has 1 aromatic rings. The van der Waals surface area contributed by atoms with Gasteiger partial charge in [-0.05, 0) is 38.3 Å². The van der Waals surface area contributed by atoms with Crippen molar-refractivity contribution in [2.45, 2.75) is 45.6 Å². The molecule has 2 rings (SSSR count). The highest BCUT2D eigenvalue weighted by atomic mass is 19.1. The van der Waals surface area contributed by atoms with Gasteiger partial charge in [0.15, 0.2) is 5.96 Å². The Hall–Kier alpha value is -1.69. The summed E-state index contributed by atoms with van der Waals surface area (Å²) in [5.74, 6) is -0.324. The molecule has 0 amide bonds. The quantitative estimate of drug-likeness (QED) is 0.628. The van der Waals surface area contributed by atoms with E-state index in [1.165, 1.54) is 12.1 Å². The van der Waals surface area contributed by atoms with E-state index in [-0.39, 0.29) is 5.92 Å². The molecular weight excluding hydrogens is 324 g/mol. The number of nitrogens with zero attached hydrogens (tertiary/aromatic N) is 2. The Morgan fingerprint density at radius 3 is 2.64 bits per heavy atom.